The quantitative estimate of drug-likeness (QED) is 0.530. The maximum Gasteiger partial charge on any atom is 0.242 e. The minimum Gasteiger partial charge on any atom is -0.354 e. The zero-order chi connectivity index (χ0) is 21.1. The summed E-state index contributed by atoms with van der Waals surface area (Å²) in [5.74, 6) is -0.133. The molecular formula is C23H38N4O2. The molecule has 1 aromatic carbocycles. The number of hydrogen-bond acceptors (Lipinski definition) is 4. The van der Waals surface area contributed by atoms with Crippen LogP contribution in [-0.2, 0) is 16.0 Å². The van der Waals surface area contributed by atoms with Crippen LogP contribution in [0, 0.1) is 0 Å². The van der Waals surface area contributed by atoms with Crippen LogP contribution in [0.2, 0.25) is 0 Å². The van der Waals surface area contributed by atoms with Crippen LogP contribution >= 0.6 is 0 Å². The summed E-state index contributed by atoms with van der Waals surface area (Å²) in [4.78, 5) is 27.4. The van der Waals surface area contributed by atoms with Gasteiger partial charge in [-0.05, 0) is 51.1 Å². The van der Waals surface area contributed by atoms with Crippen molar-refractivity contribution in [2.75, 3.05) is 20.1 Å². The molecule has 0 aromatic heterocycles. The largest absolute Gasteiger partial charge is 0.354 e. The Morgan fingerprint density at radius 2 is 1.86 bits per heavy atom. The highest BCUT2D eigenvalue weighted by molar-refractivity contribution is 5.89. The van der Waals surface area contributed by atoms with Gasteiger partial charge < -0.3 is 21.3 Å². The number of carbonyl (C=O) groups excluding carboxylic acids is 2. The molecule has 1 aliphatic rings. The molecule has 0 bridgehead atoms. The third-order valence-corrected chi connectivity index (χ3v) is 5.82. The van der Waals surface area contributed by atoms with E-state index < -0.39 is 6.04 Å². The topological polar surface area (TPSA) is 87.5 Å². The Bertz CT molecular complexity index is 617. The second kappa shape index (κ2) is 12.6. The standard InChI is InChI=1S/C23H38N4O2/c1-18(26-20-12-7-4-8-13-20)23(29)27(2)21(14-9-16-24)22(28)25-17-15-19-10-5-3-6-11-19/h3,5-6,10-11,18,20-21,26H,4,7-9,12-17,24H2,1-2H3,(H,25,28). The van der Waals surface area contributed by atoms with Gasteiger partial charge in [0.25, 0.3) is 0 Å². The van der Waals surface area contributed by atoms with Crippen molar-refractivity contribution >= 4 is 11.8 Å². The summed E-state index contributed by atoms with van der Waals surface area (Å²) in [5.41, 5.74) is 6.85. The van der Waals surface area contributed by atoms with Gasteiger partial charge in [0.15, 0.2) is 0 Å². The first-order valence-electron chi connectivity index (χ1n) is 11.1. The van der Waals surface area contributed by atoms with Crippen LogP contribution in [0.15, 0.2) is 30.3 Å². The Kier molecular flexibility index (Phi) is 10.2. The van der Waals surface area contributed by atoms with Crippen LogP contribution < -0.4 is 16.4 Å². The highest BCUT2D eigenvalue weighted by atomic mass is 16.2. The van der Waals surface area contributed by atoms with Crippen LogP contribution in [0.4, 0.5) is 0 Å². The molecule has 6 nitrogen and oxygen atoms in total. The number of amides is 2. The molecule has 2 amide bonds. The monoisotopic (exact) mass is 402 g/mol. The summed E-state index contributed by atoms with van der Waals surface area (Å²) < 4.78 is 0. The number of rotatable bonds is 11. The predicted octanol–water partition coefficient (Wildman–Crippen LogP) is 2.22. The molecule has 1 fully saturated rings. The molecule has 0 radical (unpaired) electrons. The predicted molar refractivity (Wildman–Crippen MR) is 117 cm³/mol. The van der Waals surface area contributed by atoms with Crippen molar-refractivity contribution < 1.29 is 9.59 Å². The third kappa shape index (κ3) is 7.78. The maximum atomic E-state index is 13.0. The lowest BCUT2D eigenvalue weighted by Gasteiger charge is -2.32. The van der Waals surface area contributed by atoms with E-state index in [1.54, 1.807) is 11.9 Å². The average molecular weight is 403 g/mol. The molecule has 6 heteroatoms. The molecule has 0 saturated heterocycles. The lowest BCUT2D eigenvalue weighted by Crippen LogP contribution is -2.54. The second-order valence-corrected chi connectivity index (χ2v) is 8.15. The van der Waals surface area contributed by atoms with Crippen LogP contribution in [0.25, 0.3) is 0 Å². The summed E-state index contributed by atoms with van der Waals surface area (Å²) in [6.45, 7) is 2.96. The number of nitrogens with zero attached hydrogens (tertiary/aromatic N) is 1. The van der Waals surface area contributed by atoms with E-state index >= 15 is 0 Å². The van der Waals surface area contributed by atoms with Gasteiger partial charge in [-0.3, -0.25) is 9.59 Å². The van der Waals surface area contributed by atoms with E-state index in [4.69, 9.17) is 5.73 Å². The van der Waals surface area contributed by atoms with Crippen LogP contribution in [-0.4, -0.2) is 55.0 Å². The molecule has 2 atom stereocenters. The van der Waals surface area contributed by atoms with E-state index in [2.05, 4.69) is 10.6 Å². The highest BCUT2D eigenvalue weighted by Crippen LogP contribution is 2.18. The number of nitrogens with two attached hydrogens (primary N) is 1. The third-order valence-electron chi connectivity index (χ3n) is 5.82. The second-order valence-electron chi connectivity index (χ2n) is 8.15. The molecule has 0 spiro atoms. The van der Waals surface area contributed by atoms with E-state index in [1.165, 1.54) is 24.8 Å². The normalized spacial score (nSPS) is 16.8. The summed E-state index contributed by atoms with van der Waals surface area (Å²) >= 11 is 0. The molecule has 1 saturated carbocycles. The zero-order valence-electron chi connectivity index (χ0n) is 18.0. The summed E-state index contributed by atoms with van der Waals surface area (Å²) in [6, 6.07) is 9.69. The van der Waals surface area contributed by atoms with Gasteiger partial charge in [-0.2, -0.15) is 0 Å². The Balaban J connectivity index is 1.89. The van der Waals surface area contributed by atoms with Crippen LogP contribution in [0.3, 0.4) is 0 Å². The van der Waals surface area contributed by atoms with Crippen molar-refractivity contribution in [2.24, 2.45) is 5.73 Å². The molecule has 2 rings (SSSR count). The van der Waals surface area contributed by atoms with Gasteiger partial charge in [-0.25, -0.2) is 0 Å². The Hall–Kier alpha value is -1.92. The lowest BCUT2D eigenvalue weighted by molar-refractivity contribution is -0.140. The minimum atomic E-state index is -0.488. The smallest absolute Gasteiger partial charge is 0.242 e. The van der Waals surface area contributed by atoms with Crippen LogP contribution in [0.1, 0.15) is 57.4 Å². The van der Waals surface area contributed by atoms with Gasteiger partial charge in [-0.15, -0.1) is 0 Å². The molecule has 1 aliphatic carbocycles. The van der Waals surface area contributed by atoms with Gasteiger partial charge in [0, 0.05) is 19.6 Å². The fourth-order valence-electron chi connectivity index (χ4n) is 4.06. The van der Waals surface area contributed by atoms with Gasteiger partial charge in [0.1, 0.15) is 6.04 Å². The van der Waals surface area contributed by atoms with Crippen LogP contribution in [0.5, 0.6) is 0 Å². The Labute approximate surface area is 175 Å². The van der Waals surface area contributed by atoms with Crippen molar-refractivity contribution in [3.63, 3.8) is 0 Å². The van der Waals surface area contributed by atoms with E-state index in [0.29, 0.717) is 32.0 Å². The molecule has 0 aliphatic heterocycles. The summed E-state index contributed by atoms with van der Waals surface area (Å²) in [6.07, 6.45) is 8.02. The molecule has 1 aromatic rings. The molecule has 29 heavy (non-hydrogen) atoms. The number of benzene rings is 1. The summed E-state index contributed by atoms with van der Waals surface area (Å²) in [7, 11) is 1.74. The average Bonchev–Trinajstić information content (AvgIpc) is 2.74. The van der Waals surface area contributed by atoms with E-state index in [9.17, 15) is 9.59 Å². The number of nitrogens with one attached hydrogen (secondary N) is 2. The van der Waals surface area contributed by atoms with Crippen molar-refractivity contribution in [1.29, 1.82) is 0 Å². The number of carbonyl (C=O) groups is 2. The zero-order valence-corrected chi connectivity index (χ0v) is 18.0. The molecule has 4 N–H and O–H groups in total. The minimum absolute atomic E-state index is 0.0317. The first-order valence-corrected chi connectivity index (χ1v) is 11.1. The van der Waals surface area contributed by atoms with Gasteiger partial charge in [-0.1, -0.05) is 49.6 Å². The molecular weight excluding hydrogens is 364 g/mol. The van der Waals surface area contributed by atoms with Gasteiger partial charge in [0.2, 0.25) is 11.8 Å². The van der Waals surface area contributed by atoms with Gasteiger partial charge in [0.05, 0.1) is 6.04 Å². The number of hydrogen-bond donors (Lipinski definition) is 3. The fourth-order valence-corrected chi connectivity index (χ4v) is 4.06. The van der Waals surface area contributed by atoms with Crippen molar-refractivity contribution in [3.8, 4) is 0 Å². The van der Waals surface area contributed by atoms with Crippen molar-refractivity contribution in [3.05, 3.63) is 35.9 Å². The lowest BCUT2D eigenvalue weighted by atomic mass is 9.95. The SMILES string of the molecule is CC(NC1CCCCC1)C(=O)N(C)C(CCCN)C(=O)NCCc1ccccc1. The molecule has 2 unspecified atom stereocenters. The van der Waals surface area contributed by atoms with E-state index in [-0.39, 0.29) is 17.9 Å². The van der Waals surface area contributed by atoms with Crippen molar-refractivity contribution in [1.82, 2.24) is 15.5 Å². The van der Waals surface area contributed by atoms with Gasteiger partial charge >= 0.3 is 0 Å². The Morgan fingerprint density at radius 3 is 2.52 bits per heavy atom. The Morgan fingerprint density at radius 1 is 1.17 bits per heavy atom. The van der Waals surface area contributed by atoms with E-state index in [0.717, 1.165) is 19.3 Å². The van der Waals surface area contributed by atoms with E-state index in [1.807, 2.05) is 37.3 Å². The first kappa shape index (κ1) is 23.4. The first-order chi connectivity index (χ1) is 14.0. The summed E-state index contributed by atoms with van der Waals surface area (Å²) in [5, 5.41) is 6.47. The maximum absolute atomic E-state index is 13.0. The molecule has 0 heterocycles. The number of likely N-dealkylation sites (N-methyl/N-ethyl adjacent to an activating group) is 1. The molecule has 162 valence electrons. The van der Waals surface area contributed by atoms with Crippen molar-refractivity contribution in [2.45, 2.75) is 76.4 Å². The highest BCUT2D eigenvalue weighted by Gasteiger charge is 2.30. The fraction of sp³-hybridized carbons (Fsp3) is 0.652.